The lowest BCUT2D eigenvalue weighted by atomic mass is 10.1. The molecular formula is C14H20N2O2S. The second-order valence-corrected chi connectivity index (χ2v) is 6.15. The summed E-state index contributed by atoms with van der Waals surface area (Å²) in [5.74, 6) is 0.387. The first-order chi connectivity index (χ1) is 9.08. The highest BCUT2D eigenvalue weighted by Gasteiger charge is 2.25. The number of carbonyl (C=O) groups is 2. The fourth-order valence-electron chi connectivity index (χ4n) is 2.22. The van der Waals surface area contributed by atoms with E-state index in [1.165, 1.54) is 0 Å². The van der Waals surface area contributed by atoms with Gasteiger partial charge in [-0.15, -0.1) is 11.3 Å². The van der Waals surface area contributed by atoms with E-state index in [0.717, 1.165) is 4.88 Å². The largest absolute Gasteiger partial charge is 0.339 e. The zero-order chi connectivity index (χ0) is 13.8. The van der Waals surface area contributed by atoms with Crippen LogP contribution in [0, 0.1) is 5.92 Å². The third-order valence-corrected chi connectivity index (χ3v) is 4.22. The topological polar surface area (TPSA) is 40.6 Å². The second kappa shape index (κ2) is 6.19. The summed E-state index contributed by atoms with van der Waals surface area (Å²) >= 11 is 1.61. The minimum Gasteiger partial charge on any atom is -0.339 e. The normalized spacial score (nSPS) is 15.9. The van der Waals surface area contributed by atoms with Crippen LogP contribution in [0.1, 0.15) is 18.7 Å². The average molecular weight is 280 g/mol. The van der Waals surface area contributed by atoms with E-state index in [1.54, 1.807) is 11.3 Å². The summed E-state index contributed by atoms with van der Waals surface area (Å²) in [6, 6.07) is 3.95. The van der Waals surface area contributed by atoms with Crippen molar-refractivity contribution in [3.05, 3.63) is 22.4 Å². The van der Waals surface area contributed by atoms with Crippen LogP contribution >= 0.6 is 11.3 Å². The van der Waals surface area contributed by atoms with Crippen LogP contribution in [0.2, 0.25) is 0 Å². The second-order valence-electron chi connectivity index (χ2n) is 5.12. The van der Waals surface area contributed by atoms with Crippen molar-refractivity contribution in [1.82, 2.24) is 9.80 Å². The van der Waals surface area contributed by atoms with Crippen molar-refractivity contribution in [2.45, 2.75) is 20.3 Å². The van der Waals surface area contributed by atoms with E-state index >= 15 is 0 Å². The van der Waals surface area contributed by atoms with Gasteiger partial charge in [-0.1, -0.05) is 19.9 Å². The van der Waals surface area contributed by atoms with Gasteiger partial charge >= 0.3 is 0 Å². The molecule has 1 aromatic heterocycles. The number of hydrogen-bond donors (Lipinski definition) is 0. The Labute approximate surface area is 118 Å². The molecule has 0 atom stereocenters. The molecule has 4 nitrogen and oxygen atoms in total. The third kappa shape index (κ3) is 3.56. The van der Waals surface area contributed by atoms with Gasteiger partial charge in [0, 0.05) is 37.0 Å². The average Bonchev–Trinajstić information content (AvgIpc) is 2.90. The standard InChI is InChI=1S/C14H20N2O2S/c1-11(2)14(18)16-7-5-15(6-8-16)13(17)10-12-4-3-9-19-12/h3-4,9,11H,5-8,10H2,1-2H3. The quantitative estimate of drug-likeness (QED) is 0.844. The molecule has 2 heterocycles. The highest BCUT2D eigenvalue weighted by molar-refractivity contribution is 7.10. The van der Waals surface area contributed by atoms with Gasteiger partial charge in [0.25, 0.3) is 0 Å². The molecule has 0 saturated carbocycles. The Morgan fingerprint density at radius 3 is 2.37 bits per heavy atom. The van der Waals surface area contributed by atoms with Crippen molar-refractivity contribution in [2.24, 2.45) is 5.92 Å². The van der Waals surface area contributed by atoms with E-state index < -0.39 is 0 Å². The first-order valence-electron chi connectivity index (χ1n) is 6.67. The van der Waals surface area contributed by atoms with Gasteiger partial charge in [0.1, 0.15) is 0 Å². The SMILES string of the molecule is CC(C)C(=O)N1CCN(C(=O)Cc2cccs2)CC1. The Kier molecular flexibility index (Phi) is 4.58. The molecule has 2 rings (SSSR count). The van der Waals surface area contributed by atoms with Gasteiger partial charge in [-0.2, -0.15) is 0 Å². The van der Waals surface area contributed by atoms with Gasteiger partial charge in [-0.05, 0) is 11.4 Å². The van der Waals surface area contributed by atoms with Gasteiger partial charge < -0.3 is 9.80 Å². The molecule has 1 aliphatic rings. The fourth-order valence-corrected chi connectivity index (χ4v) is 2.91. The highest BCUT2D eigenvalue weighted by Crippen LogP contribution is 2.12. The molecule has 1 fully saturated rings. The van der Waals surface area contributed by atoms with Crippen LogP contribution in [0.3, 0.4) is 0 Å². The van der Waals surface area contributed by atoms with Gasteiger partial charge in [0.2, 0.25) is 11.8 Å². The maximum absolute atomic E-state index is 12.1. The summed E-state index contributed by atoms with van der Waals surface area (Å²) in [5, 5.41) is 1.99. The molecular weight excluding hydrogens is 260 g/mol. The van der Waals surface area contributed by atoms with Crippen molar-refractivity contribution in [1.29, 1.82) is 0 Å². The maximum atomic E-state index is 12.1. The lowest BCUT2D eigenvalue weighted by Gasteiger charge is -2.35. The molecule has 0 aromatic carbocycles. The number of amides is 2. The third-order valence-electron chi connectivity index (χ3n) is 3.34. The Balaban J connectivity index is 1.83. The van der Waals surface area contributed by atoms with Crippen molar-refractivity contribution in [3.8, 4) is 0 Å². The van der Waals surface area contributed by atoms with E-state index in [1.807, 2.05) is 41.2 Å². The molecule has 1 aliphatic heterocycles. The Hall–Kier alpha value is -1.36. The van der Waals surface area contributed by atoms with E-state index in [-0.39, 0.29) is 17.7 Å². The number of hydrogen-bond acceptors (Lipinski definition) is 3. The first kappa shape index (κ1) is 14.1. The van der Waals surface area contributed by atoms with Crippen LogP contribution in [0.5, 0.6) is 0 Å². The van der Waals surface area contributed by atoms with Gasteiger partial charge in [0.05, 0.1) is 6.42 Å². The first-order valence-corrected chi connectivity index (χ1v) is 7.55. The predicted molar refractivity (Wildman–Crippen MR) is 76.0 cm³/mol. The maximum Gasteiger partial charge on any atom is 0.227 e. The lowest BCUT2D eigenvalue weighted by Crippen LogP contribution is -2.51. The minimum atomic E-state index is 0.0355. The Morgan fingerprint density at radius 2 is 1.84 bits per heavy atom. The summed E-state index contributed by atoms with van der Waals surface area (Å²) in [6.07, 6.45) is 0.482. The molecule has 1 aromatic rings. The summed E-state index contributed by atoms with van der Waals surface area (Å²) in [4.78, 5) is 28.8. The van der Waals surface area contributed by atoms with E-state index in [0.29, 0.717) is 32.6 Å². The van der Waals surface area contributed by atoms with Crippen molar-refractivity contribution >= 4 is 23.2 Å². The van der Waals surface area contributed by atoms with Crippen molar-refractivity contribution < 1.29 is 9.59 Å². The zero-order valence-corrected chi connectivity index (χ0v) is 12.3. The Bertz CT molecular complexity index is 434. The minimum absolute atomic E-state index is 0.0355. The number of thiophene rings is 1. The highest BCUT2D eigenvalue weighted by atomic mass is 32.1. The number of piperazine rings is 1. The number of nitrogens with zero attached hydrogens (tertiary/aromatic N) is 2. The van der Waals surface area contributed by atoms with Gasteiger partial charge in [-0.3, -0.25) is 9.59 Å². The zero-order valence-electron chi connectivity index (χ0n) is 11.5. The monoisotopic (exact) mass is 280 g/mol. The van der Waals surface area contributed by atoms with Crippen molar-refractivity contribution in [2.75, 3.05) is 26.2 Å². The van der Waals surface area contributed by atoms with Crippen LogP contribution in [0.25, 0.3) is 0 Å². The molecule has 19 heavy (non-hydrogen) atoms. The molecule has 104 valence electrons. The molecule has 5 heteroatoms. The van der Waals surface area contributed by atoms with E-state index in [4.69, 9.17) is 0 Å². The predicted octanol–water partition coefficient (Wildman–Crippen LogP) is 1.62. The lowest BCUT2D eigenvalue weighted by molar-refractivity contribution is -0.141. The molecule has 2 amide bonds. The number of carbonyl (C=O) groups excluding carboxylic acids is 2. The van der Waals surface area contributed by atoms with E-state index in [9.17, 15) is 9.59 Å². The van der Waals surface area contributed by atoms with Gasteiger partial charge in [0.15, 0.2) is 0 Å². The van der Waals surface area contributed by atoms with Gasteiger partial charge in [-0.25, -0.2) is 0 Å². The smallest absolute Gasteiger partial charge is 0.227 e. The molecule has 1 saturated heterocycles. The van der Waals surface area contributed by atoms with Crippen LogP contribution in [0.4, 0.5) is 0 Å². The van der Waals surface area contributed by atoms with Crippen LogP contribution in [0.15, 0.2) is 17.5 Å². The summed E-state index contributed by atoms with van der Waals surface area (Å²) in [5.41, 5.74) is 0. The van der Waals surface area contributed by atoms with E-state index in [2.05, 4.69) is 0 Å². The Morgan fingerprint density at radius 1 is 1.21 bits per heavy atom. The fraction of sp³-hybridized carbons (Fsp3) is 0.571. The molecule has 0 unspecified atom stereocenters. The molecule has 0 spiro atoms. The molecule has 0 bridgehead atoms. The summed E-state index contributed by atoms with van der Waals surface area (Å²) in [6.45, 7) is 6.46. The summed E-state index contributed by atoms with van der Waals surface area (Å²) in [7, 11) is 0. The molecule has 0 N–H and O–H groups in total. The van der Waals surface area contributed by atoms with Crippen LogP contribution in [-0.2, 0) is 16.0 Å². The van der Waals surface area contributed by atoms with Crippen molar-refractivity contribution in [3.63, 3.8) is 0 Å². The molecule has 0 radical (unpaired) electrons. The summed E-state index contributed by atoms with van der Waals surface area (Å²) < 4.78 is 0. The van der Waals surface area contributed by atoms with Crippen LogP contribution in [-0.4, -0.2) is 47.8 Å². The molecule has 0 aliphatic carbocycles. The number of rotatable bonds is 3. The van der Waals surface area contributed by atoms with Crippen LogP contribution < -0.4 is 0 Å².